The molecule has 2 N–H and O–H groups in total. The normalized spacial score (nSPS) is 14.8. The Morgan fingerprint density at radius 3 is 2.49 bits per heavy atom. The van der Waals surface area contributed by atoms with E-state index < -0.39 is 11.6 Å². The van der Waals surface area contributed by atoms with Crippen LogP contribution in [0.4, 0.5) is 32.1 Å². The number of H-pyrrole nitrogens is 1. The highest BCUT2D eigenvalue weighted by Crippen LogP contribution is 2.48. The number of halogens is 2. The van der Waals surface area contributed by atoms with Crippen LogP contribution in [0, 0.1) is 18.6 Å². The number of anilines is 4. The third-order valence-electron chi connectivity index (χ3n) is 7.10. The molecule has 1 aliphatic heterocycles. The molecule has 4 aromatic rings. The average Bonchev–Trinajstić information content (AvgIpc) is 3.46. The number of aromatic nitrogens is 6. The fourth-order valence-corrected chi connectivity index (χ4v) is 4.79. The summed E-state index contributed by atoms with van der Waals surface area (Å²) in [5, 5.41) is 10.5. The predicted molar refractivity (Wildman–Crippen MR) is 142 cm³/mol. The summed E-state index contributed by atoms with van der Waals surface area (Å²) >= 11 is 0. The molecule has 4 heterocycles. The number of carbonyl (C=O) groups is 1. The number of aromatic amines is 1. The first-order chi connectivity index (χ1) is 18.8. The van der Waals surface area contributed by atoms with Crippen LogP contribution in [-0.4, -0.2) is 60.7 Å². The highest BCUT2D eigenvalue weighted by Gasteiger charge is 2.33. The first kappa shape index (κ1) is 25.0. The summed E-state index contributed by atoms with van der Waals surface area (Å²) in [6, 6.07) is 4.26. The first-order valence-corrected chi connectivity index (χ1v) is 13.0. The topological polar surface area (TPSA) is 108 Å². The molecule has 6 rings (SSSR count). The van der Waals surface area contributed by atoms with Gasteiger partial charge in [0.2, 0.25) is 11.9 Å². The Labute approximate surface area is 224 Å². The molecule has 12 heteroatoms. The summed E-state index contributed by atoms with van der Waals surface area (Å²) in [6.45, 7) is 3.27. The van der Waals surface area contributed by atoms with E-state index in [2.05, 4.69) is 20.5 Å². The van der Waals surface area contributed by atoms with Crippen LogP contribution in [0.1, 0.15) is 42.0 Å². The molecule has 2 fully saturated rings. The number of carbonyl (C=O) groups excluding carboxylic acids is 1. The summed E-state index contributed by atoms with van der Waals surface area (Å²) in [4.78, 5) is 29.3. The molecule has 1 aliphatic carbocycles. The van der Waals surface area contributed by atoms with Gasteiger partial charge in [-0.2, -0.15) is 10.1 Å². The average molecular weight is 534 g/mol. The molecule has 1 amide bonds. The van der Waals surface area contributed by atoms with Crippen molar-refractivity contribution in [3.05, 3.63) is 59.2 Å². The number of imidazole rings is 1. The number of nitrogens with one attached hydrogen (secondary N) is 2. The van der Waals surface area contributed by atoms with Crippen molar-refractivity contribution < 1.29 is 13.6 Å². The molecule has 39 heavy (non-hydrogen) atoms. The zero-order valence-electron chi connectivity index (χ0n) is 22.0. The highest BCUT2D eigenvalue weighted by molar-refractivity contribution is 5.80. The van der Waals surface area contributed by atoms with Crippen LogP contribution in [-0.2, 0) is 18.3 Å². The molecule has 3 aromatic heterocycles. The Kier molecular flexibility index (Phi) is 6.24. The second-order valence-corrected chi connectivity index (χ2v) is 10.3. The number of aryl methyl sites for hydroxylation is 2. The third-order valence-corrected chi connectivity index (χ3v) is 7.10. The lowest BCUT2D eigenvalue weighted by Crippen LogP contribution is -2.42. The van der Waals surface area contributed by atoms with E-state index in [-0.39, 0.29) is 35.4 Å². The first-order valence-electron chi connectivity index (χ1n) is 13.0. The summed E-state index contributed by atoms with van der Waals surface area (Å²) in [5.74, 6) is -0.311. The number of hydrogen-bond donors (Lipinski definition) is 2. The van der Waals surface area contributed by atoms with E-state index in [1.807, 2.05) is 30.8 Å². The van der Waals surface area contributed by atoms with Crippen LogP contribution in [0.5, 0.6) is 0 Å². The molecular weight excluding hydrogens is 504 g/mol. The lowest BCUT2D eigenvalue weighted by atomic mass is 10.1. The van der Waals surface area contributed by atoms with Gasteiger partial charge in [-0.25, -0.2) is 18.7 Å². The molecular formula is C27H29F2N9O. The maximum absolute atomic E-state index is 15.4. The lowest BCUT2D eigenvalue weighted by molar-refractivity contribution is -0.133. The van der Waals surface area contributed by atoms with E-state index >= 15 is 8.78 Å². The monoisotopic (exact) mass is 533 g/mol. The number of hydrogen-bond acceptors (Lipinski definition) is 7. The van der Waals surface area contributed by atoms with E-state index in [9.17, 15) is 4.79 Å². The minimum Gasteiger partial charge on any atom is -0.342 e. The van der Waals surface area contributed by atoms with E-state index in [0.29, 0.717) is 36.1 Å². The van der Waals surface area contributed by atoms with Crippen LogP contribution in [0.2, 0.25) is 0 Å². The molecule has 0 radical (unpaired) electrons. The van der Waals surface area contributed by atoms with Crippen molar-refractivity contribution in [2.75, 3.05) is 30.4 Å². The van der Waals surface area contributed by atoms with Gasteiger partial charge >= 0.3 is 0 Å². The summed E-state index contributed by atoms with van der Waals surface area (Å²) < 4.78 is 32.6. The van der Waals surface area contributed by atoms with Crippen LogP contribution < -0.4 is 10.2 Å². The Morgan fingerprint density at radius 1 is 1.18 bits per heavy atom. The van der Waals surface area contributed by atoms with Gasteiger partial charge in [0.15, 0.2) is 5.82 Å². The standard InChI is InChI=1S/C27H29F2N9O/c1-15-9-21(35-34-15)31-26-23(17-5-6-17)24(20-13-36(2)14-30-20)32-27(33-26)37(3)25-18(28)10-16(11-19(25)29)12-22(39)38-7-4-8-38/h9-11,13-14,17H,4-8,12H2,1-3H3,(H2,31,32,33,34,35). The van der Waals surface area contributed by atoms with Crippen molar-refractivity contribution in [2.45, 2.75) is 38.5 Å². The van der Waals surface area contributed by atoms with Gasteiger partial charge in [-0.3, -0.25) is 9.89 Å². The van der Waals surface area contributed by atoms with E-state index in [1.165, 1.54) is 24.1 Å². The maximum atomic E-state index is 15.4. The number of rotatable bonds is 8. The van der Waals surface area contributed by atoms with Gasteiger partial charge < -0.3 is 19.7 Å². The zero-order valence-corrected chi connectivity index (χ0v) is 22.0. The van der Waals surface area contributed by atoms with Crippen LogP contribution in [0.25, 0.3) is 11.4 Å². The third kappa shape index (κ3) is 4.93. The molecule has 10 nitrogen and oxygen atoms in total. The maximum Gasteiger partial charge on any atom is 0.232 e. The van der Waals surface area contributed by atoms with E-state index in [1.54, 1.807) is 11.2 Å². The van der Waals surface area contributed by atoms with E-state index in [4.69, 9.17) is 9.97 Å². The Balaban J connectivity index is 1.41. The van der Waals surface area contributed by atoms with Gasteiger partial charge in [0, 0.05) is 50.7 Å². The van der Waals surface area contributed by atoms with Crippen molar-refractivity contribution in [1.29, 1.82) is 0 Å². The zero-order chi connectivity index (χ0) is 27.3. The smallest absolute Gasteiger partial charge is 0.232 e. The number of amides is 1. The molecule has 0 unspecified atom stereocenters. The lowest BCUT2D eigenvalue weighted by Gasteiger charge is -2.31. The molecule has 2 aliphatic rings. The summed E-state index contributed by atoms with van der Waals surface area (Å²) in [5.41, 5.74) is 2.99. The quantitative estimate of drug-likeness (QED) is 0.347. The fourth-order valence-electron chi connectivity index (χ4n) is 4.79. The van der Waals surface area contributed by atoms with Crippen LogP contribution in [0.3, 0.4) is 0 Å². The van der Waals surface area contributed by atoms with Crippen molar-refractivity contribution in [2.24, 2.45) is 7.05 Å². The highest BCUT2D eigenvalue weighted by atomic mass is 19.1. The van der Waals surface area contributed by atoms with Gasteiger partial charge in [0.05, 0.1) is 12.7 Å². The Bertz CT molecular complexity index is 1530. The predicted octanol–water partition coefficient (Wildman–Crippen LogP) is 4.35. The van der Waals surface area contributed by atoms with Gasteiger partial charge in [0.25, 0.3) is 0 Å². The van der Waals surface area contributed by atoms with Gasteiger partial charge in [-0.05, 0) is 49.8 Å². The molecule has 1 saturated carbocycles. The molecule has 1 saturated heterocycles. The fraction of sp³-hybridized carbons (Fsp3) is 0.370. The minimum absolute atomic E-state index is 0.0502. The molecule has 0 atom stereocenters. The number of likely N-dealkylation sites (tertiary alicyclic amines) is 1. The molecule has 0 bridgehead atoms. The number of benzene rings is 1. The van der Waals surface area contributed by atoms with Crippen molar-refractivity contribution in [3.63, 3.8) is 0 Å². The largest absolute Gasteiger partial charge is 0.342 e. The second kappa shape index (κ2) is 9.75. The second-order valence-electron chi connectivity index (χ2n) is 10.3. The van der Waals surface area contributed by atoms with Crippen LogP contribution >= 0.6 is 0 Å². The minimum atomic E-state index is -0.796. The molecule has 1 aromatic carbocycles. The number of nitrogens with zero attached hydrogens (tertiary/aromatic N) is 7. The van der Waals surface area contributed by atoms with Gasteiger partial charge in [-0.1, -0.05) is 0 Å². The van der Waals surface area contributed by atoms with Gasteiger partial charge in [-0.15, -0.1) is 0 Å². The van der Waals surface area contributed by atoms with Crippen molar-refractivity contribution in [3.8, 4) is 11.4 Å². The van der Waals surface area contributed by atoms with E-state index in [0.717, 1.165) is 30.5 Å². The van der Waals surface area contributed by atoms with Crippen LogP contribution in [0.15, 0.2) is 30.7 Å². The summed E-state index contributed by atoms with van der Waals surface area (Å²) in [7, 11) is 3.38. The summed E-state index contributed by atoms with van der Waals surface area (Å²) in [6.07, 6.45) is 6.40. The van der Waals surface area contributed by atoms with Gasteiger partial charge in [0.1, 0.15) is 34.5 Å². The molecule has 0 spiro atoms. The molecule has 202 valence electrons. The Morgan fingerprint density at radius 2 is 1.92 bits per heavy atom. The van der Waals surface area contributed by atoms with Crippen molar-refractivity contribution >= 4 is 29.2 Å². The van der Waals surface area contributed by atoms with Crippen molar-refractivity contribution in [1.82, 2.24) is 34.6 Å². The Hall–Kier alpha value is -4.35. The SMILES string of the molecule is Cc1cc(Nc2nc(N(C)c3c(F)cc(CC(=O)N4CCC4)cc3F)nc(-c3cn(C)cn3)c2C2CC2)n[nH]1.